The number of hydrogen-bond donors (Lipinski definition) is 0. The molecule has 0 saturated carbocycles. The topological polar surface area (TPSA) is 86.3 Å². The van der Waals surface area contributed by atoms with Gasteiger partial charge in [-0.25, -0.2) is 0 Å². The number of nitrogens with zero attached hydrogens (tertiary/aromatic N) is 2. The Hall–Kier alpha value is -1.55. The Balaban J connectivity index is 2.52. The standard InChI is InChI=1S/C12H6BrIN2O4/c13-11-5-7(15(17)18)1-3-9(11)10-4-2-8(16(19)20)6-12(10)14/h1-6H. The lowest BCUT2D eigenvalue weighted by Gasteiger charge is -2.07. The fraction of sp³-hybridized carbons (Fsp3) is 0. The van der Waals surface area contributed by atoms with E-state index in [1.54, 1.807) is 12.1 Å². The van der Waals surface area contributed by atoms with Crippen LogP contribution in [0.15, 0.2) is 40.9 Å². The van der Waals surface area contributed by atoms with Crippen LogP contribution < -0.4 is 0 Å². The molecule has 0 unspecified atom stereocenters. The quantitative estimate of drug-likeness (QED) is 0.392. The number of non-ortho nitro benzene ring substituents is 2. The van der Waals surface area contributed by atoms with Crippen LogP contribution in [0.4, 0.5) is 11.4 Å². The van der Waals surface area contributed by atoms with Crippen LogP contribution in [0.5, 0.6) is 0 Å². The molecular weight excluding hydrogens is 443 g/mol. The first-order chi connectivity index (χ1) is 9.40. The molecule has 2 rings (SSSR count). The highest BCUT2D eigenvalue weighted by molar-refractivity contribution is 14.1. The average Bonchev–Trinajstić information content (AvgIpc) is 2.38. The fourth-order valence-electron chi connectivity index (χ4n) is 1.67. The predicted molar refractivity (Wildman–Crippen MR) is 85.6 cm³/mol. The molecule has 0 saturated heterocycles. The van der Waals surface area contributed by atoms with Gasteiger partial charge in [0.1, 0.15) is 0 Å². The summed E-state index contributed by atoms with van der Waals surface area (Å²) in [4.78, 5) is 20.5. The molecular formula is C12H6BrIN2O4. The second-order valence-electron chi connectivity index (χ2n) is 3.84. The van der Waals surface area contributed by atoms with Gasteiger partial charge in [0, 0.05) is 32.3 Å². The van der Waals surface area contributed by atoms with Crippen LogP contribution in [0.2, 0.25) is 0 Å². The van der Waals surface area contributed by atoms with E-state index in [2.05, 4.69) is 15.9 Å². The van der Waals surface area contributed by atoms with Crippen LogP contribution in [0.1, 0.15) is 0 Å². The summed E-state index contributed by atoms with van der Waals surface area (Å²) in [6, 6.07) is 8.93. The smallest absolute Gasteiger partial charge is 0.258 e. The molecule has 0 bridgehead atoms. The van der Waals surface area contributed by atoms with Gasteiger partial charge in [0.15, 0.2) is 0 Å². The molecule has 0 atom stereocenters. The molecule has 0 aliphatic heterocycles. The largest absolute Gasteiger partial charge is 0.270 e. The third-order valence-corrected chi connectivity index (χ3v) is 4.17. The Kier molecular flexibility index (Phi) is 4.33. The summed E-state index contributed by atoms with van der Waals surface area (Å²) in [6.45, 7) is 0. The Bertz CT molecular complexity index is 659. The first-order valence-corrected chi connectivity index (χ1v) is 7.15. The minimum absolute atomic E-state index is 0.0104. The second kappa shape index (κ2) is 5.83. The summed E-state index contributed by atoms with van der Waals surface area (Å²) in [5.41, 5.74) is 1.52. The molecule has 0 radical (unpaired) electrons. The molecule has 8 heteroatoms. The third kappa shape index (κ3) is 2.96. The molecule has 20 heavy (non-hydrogen) atoms. The Morgan fingerprint density at radius 3 is 1.85 bits per heavy atom. The zero-order valence-corrected chi connectivity index (χ0v) is 13.5. The summed E-state index contributed by atoms with van der Waals surface area (Å²) >= 11 is 5.29. The molecule has 2 aromatic rings. The first-order valence-electron chi connectivity index (χ1n) is 5.28. The Morgan fingerprint density at radius 2 is 1.40 bits per heavy atom. The highest BCUT2D eigenvalue weighted by atomic mass is 127. The number of halogens is 2. The maximum Gasteiger partial charge on any atom is 0.270 e. The molecule has 102 valence electrons. The van der Waals surface area contributed by atoms with Crippen molar-refractivity contribution in [1.82, 2.24) is 0 Å². The van der Waals surface area contributed by atoms with Crippen LogP contribution in [0.3, 0.4) is 0 Å². The van der Waals surface area contributed by atoms with Gasteiger partial charge in [0.25, 0.3) is 11.4 Å². The van der Waals surface area contributed by atoms with E-state index in [1.807, 2.05) is 22.6 Å². The van der Waals surface area contributed by atoms with E-state index in [9.17, 15) is 20.2 Å². The predicted octanol–water partition coefficient (Wildman–Crippen LogP) is 4.54. The molecule has 0 fully saturated rings. The van der Waals surface area contributed by atoms with E-state index in [-0.39, 0.29) is 11.4 Å². The SMILES string of the molecule is O=[N+]([O-])c1ccc(-c2ccc([N+](=O)[O-])cc2I)c(Br)c1. The fourth-order valence-corrected chi connectivity index (χ4v) is 3.04. The van der Waals surface area contributed by atoms with E-state index in [1.165, 1.54) is 24.3 Å². The summed E-state index contributed by atoms with van der Waals surface area (Å²) in [5.74, 6) is 0. The van der Waals surface area contributed by atoms with E-state index in [0.717, 1.165) is 11.1 Å². The highest BCUT2D eigenvalue weighted by Gasteiger charge is 2.15. The van der Waals surface area contributed by atoms with Gasteiger partial charge < -0.3 is 0 Å². The highest BCUT2D eigenvalue weighted by Crippen LogP contribution is 2.35. The maximum atomic E-state index is 10.7. The summed E-state index contributed by atoms with van der Waals surface area (Å²) < 4.78 is 1.27. The van der Waals surface area contributed by atoms with Gasteiger partial charge in [0.05, 0.1) is 9.85 Å². The monoisotopic (exact) mass is 448 g/mol. The number of hydrogen-bond acceptors (Lipinski definition) is 4. The van der Waals surface area contributed by atoms with Crippen molar-refractivity contribution in [2.75, 3.05) is 0 Å². The maximum absolute atomic E-state index is 10.7. The number of benzene rings is 2. The number of nitro benzene ring substituents is 2. The van der Waals surface area contributed by atoms with Crippen LogP contribution in [0, 0.1) is 23.8 Å². The van der Waals surface area contributed by atoms with Gasteiger partial charge in [-0.3, -0.25) is 20.2 Å². The minimum atomic E-state index is -0.477. The summed E-state index contributed by atoms with van der Waals surface area (Å²) in [7, 11) is 0. The molecule has 0 aliphatic rings. The summed E-state index contributed by atoms with van der Waals surface area (Å²) in [5, 5.41) is 21.4. The van der Waals surface area contributed by atoms with Crippen molar-refractivity contribution in [3.63, 3.8) is 0 Å². The van der Waals surface area contributed by atoms with Crippen molar-refractivity contribution in [1.29, 1.82) is 0 Å². The van der Waals surface area contributed by atoms with E-state index < -0.39 is 9.85 Å². The minimum Gasteiger partial charge on any atom is -0.258 e. The van der Waals surface area contributed by atoms with Gasteiger partial charge in [-0.2, -0.15) is 0 Å². The van der Waals surface area contributed by atoms with Crippen molar-refractivity contribution < 1.29 is 9.85 Å². The van der Waals surface area contributed by atoms with Gasteiger partial charge in [-0.05, 0) is 61.8 Å². The van der Waals surface area contributed by atoms with Crippen molar-refractivity contribution >= 4 is 49.9 Å². The lowest BCUT2D eigenvalue weighted by molar-refractivity contribution is -0.385. The molecule has 0 aromatic heterocycles. The molecule has 0 heterocycles. The Morgan fingerprint density at radius 1 is 0.900 bits per heavy atom. The van der Waals surface area contributed by atoms with E-state index in [4.69, 9.17) is 0 Å². The first kappa shape index (κ1) is 14.9. The van der Waals surface area contributed by atoms with Crippen LogP contribution in [0.25, 0.3) is 11.1 Å². The van der Waals surface area contributed by atoms with Gasteiger partial charge in [-0.1, -0.05) is 0 Å². The molecule has 0 amide bonds. The van der Waals surface area contributed by atoms with Gasteiger partial charge in [0.2, 0.25) is 0 Å². The van der Waals surface area contributed by atoms with Crippen LogP contribution in [-0.4, -0.2) is 9.85 Å². The molecule has 0 N–H and O–H groups in total. The average molecular weight is 449 g/mol. The zero-order chi connectivity index (χ0) is 14.9. The van der Waals surface area contributed by atoms with Gasteiger partial charge in [-0.15, -0.1) is 0 Å². The normalized spacial score (nSPS) is 10.3. The second-order valence-corrected chi connectivity index (χ2v) is 5.86. The van der Waals surface area contributed by atoms with Crippen molar-refractivity contribution in [3.8, 4) is 11.1 Å². The lowest BCUT2D eigenvalue weighted by atomic mass is 10.1. The Labute approximate surface area is 135 Å². The summed E-state index contributed by atoms with van der Waals surface area (Å²) in [6.07, 6.45) is 0. The van der Waals surface area contributed by atoms with Crippen LogP contribution >= 0.6 is 38.5 Å². The molecule has 2 aromatic carbocycles. The zero-order valence-electron chi connectivity index (χ0n) is 9.75. The van der Waals surface area contributed by atoms with Crippen molar-refractivity contribution in [3.05, 3.63) is 64.7 Å². The van der Waals surface area contributed by atoms with Gasteiger partial charge >= 0.3 is 0 Å². The number of nitro groups is 2. The van der Waals surface area contributed by atoms with E-state index >= 15 is 0 Å². The molecule has 0 spiro atoms. The molecule has 0 aliphatic carbocycles. The van der Waals surface area contributed by atoms with Crippen LogP contribution in [-0.2, 0) is 0 Å². The van der Waals surface area contributed by atoms with Crippen molar-refractivity contribution in [2.45, 2.75) is 0 Å². The molecule has 6 nitrogen and oxygen atoms in total. The third-order valence-electron chi connectivity index (χ3n) is 2.62. The van der Waals surface area contributed by atoms with Crippen molar-refractivity contribution in [2.24, 2.45) is 0 Å². The lowest BCUT2D eigenvalue weighted by Crippen LogP contribution is -1.92. The van der Waals surface area contributed by atoms with E-state index in [0.29, 0.717) is 8.04 Å². The number of rotatable bonds is 3.